The zero-order valence-corrected chi connectivity index (χ0v) is 11.3. The maximum Gasteiger partial charge on any atom is 0.266 e. The first-order valence-electron chi connectivity index (χ1n) is 6.50. The van der Waals surface area contributed by atoms with Crippen LogP contribution >= 0.6 is 0 Å². The molecular weight excluding hydrogens is 238 g/mol. The van der Waals surface area contributed by atoms with Gasteiger partial charge >= 0.3 is 0 Å². The molecule has 0 radical (unpaired) electrons. The Morgan fingerprint density at radius 1 is 1.16 bits per heavy atom. The molecule has 0 spiro atoms. The van der Waals surface area contributed by atoms with Crippen LogP contribution in [0.5, 0.6) is 0 Å². The van der Waals surface area contributed by atoms with Crippen LogP contribution in [0.3, 0.4) is 0 Å². The average Bonchev–Trinajstić information content (AvgIpc) is 2.41. The van der Waals surface area contributed by atoms with Crippen molar-refractivity contribution in [2.24, 2.45) is 5.73 Å². The summed E-state index contributed by atoms with van der Waals surface area (Å²) in [6.07, 6.45) is 0. The van der Waals surface area contributed by atoms with E-state index in [1.807, 2.05) is 12.1 Å². The van der Waals surface area contributed by atoms with Crippen LogP contribution in [0.4, 0.5) is 0 Å². The van der Waals surface area contributed by atoms with E-state index >= 15 is 0 Å². The molecule has 0 aliphatic rings. The predicted octanol–water partition coefficient (Wildman–Crippen LogP) is 1.99. The fourth-order valence-corrected chi connectivity index (χ4v) is 1.92. The third-order valence-corrected chi connectivity index (χ3v) is 3.08. The van der Waals surface area contributed by atoms with Crippen molar-refractivity contribution in [1.29, 1.82) is 0 Å². The molecular formula is C15H19N3O. The smallest absolute Gasteiger partial charge is 0.266 e. The molecule has 2 aromatic rings. The van der Waals surface area contributed by atoms with Gasteiger partial charge in [-0.1, -0.05) is 38.1 Å². The van der Waals surface area contributed by atoms with Gasteiger partial charge in [-0.25, -0.2) is 4.68 Å². The number of hydrogen-bond acceptors (Lipinski definition) is 3. The van der Waals surface area contributed by atoms with Gasteiger partial charge in [0, 0.05) is 18.2 Å². The highest BCUT2D eigenvalue weighted by Crippen LogP contribution is 2.20. The van der Waals surface area contributed by atoms with Gasteiger partial charge in [0.15, 0.2) is 0 Å². The van der Waals surface area contributed by atoms with Gasteiger partial charge < -0.3 is 5.73 Å². The largest absolute Gasteiger partial charge is 0.329 e. The molecule has 1 heterocycles. The van der Waals surface area contributed by atoms with E-state index in [1.54, 1.807) is 6.07 Å². The van der Waals surface area contributed by atoms with Crippen molar-refractivity contribution in [3.63, 3.8) is 0 Å². The van der Waals surface area contributed by atoms with Crippen molar-refractivity contribution >= 4 is 0 Å². The van der Waals surface area contributed by atoms with Crippen molar-refractivity contribution in [3.05, 3.63) is 52.3 Å². The van der Waals surface area contributed by atoms with Gasteiger partial charge in [0.1, 0.15) is 0 Å². The van der Waals surface area contributed by atoms with Crippen LogP contribution in [0.25, 0.3) is 11.3 Å². The normalized spacial score (nSPS) is 10.9. The van der Waals surface area contributed by atoms with E-state index in [0.29, 0.717) is 19.0 Å². The van der Waals surface area contributed by atoms with Crippen LogP contribution in [-0.4, -0.2) is 16.3 Å². The van der Waals surface area contributed by atoms with E-state index in [2.05, 4.69) is 31.1 Å². The third kappa shape index (κ3) is 3.09. The molecule has 4 nitrogen and oxygen atoms in total. The molecule has 0 atom stereocenters. The zero-order valence-electron chi connectivity index (χ0n) is 11.3. The minimum absolute atomic E-state index is 0.118. The SMILES string of the molecule is CC(C)c1ccc(-c2ccc(=O)n(CCN)n2)cc1. The molecule has 100 valence electrons. The quantitative estimate of drug-likeness (QED) is 0.911. The monoisotopic (exact) mass is 257 g/mol. The summed E-state index contributed by atoms with van der Waals surface area (Å²) in [7, 11) is 0. The van der Waals surface area contributed by atoms with Crippen molar-refractivity contribution in [2.45, 2.75) is 26.3 Å². The number of benzene rings is 1. The summed E-state index contributed by atoms with van der Waals surface area (Å²) in [5.74, 6) is 0.508. The van der Waals surface area contributed by atoms with Crippen molar-refractivity contribution in [3.8, 4) is 11.3 Å². The van der Waals surface area contributed by atoms with E-state index in [9.17, 15) is 4.79 Å². The standard InChI is InChI=1S/C15H19N3O/c1-11(2)12-3-5-13(6-4-12)14-7-8-15(19)18(17-14)10-9-16/h3-8,11H,9-10,16H2,1-2H3. The van der Waals surface area contributed by atoms with E-state index < -0.39 is 0 Å². The molecule has 0 bridgehead atoms. The second-order valence-electron chi connectivity index (χ2n) is 4.85. The van der Waals surface area contributed by atoms with E-state index in [-0.39, 0.29) is 5.56 Å². The van der Waals surface area contributed by atoms with Crippen molar-refractivity contribution < 1.29 is 0 Å². The number of nitrogens with zero attached hydrogens (tertiary/aromatic N) is 2. The Morgan fingerprint density at radius 3 is 2.42 bits per heavy atom. The molecule has 2 rings (SSSR count). The number of aromatic nitrogens is 2. The lowest BCUT2D eigenvalue weighted by Gasteiger charge is -2.08. The maximum absolute atomic E-state index is 11.6. The molecule has 0 aliphatic heterocycles. The molecule has 19 heavy (non-hydrogen) atoms. The van der Waals surface area contributed by atoms with Gasteiger partial charge in [-0.2, -0.15) is 5.10 Å². The highest BCUT2D eigenvalue weighted by atomic mass is 16.1. The minimum Gasteiger partial charge on any atom is -0.329 e. The Morgan fingerprint density at radius 2 is 1.84 bits per heavy atom. The topological polar surface area (TPSA) is 60.9 Å². The summed E-state index contributed by atoms with van der Waals surface area (Å²) in [5.41, 5.74) is 8.45. The van der Waals surface area contributed by atoms with Crippen LogP contribution in [0.2, 0.25) is 0 Å². The lowest BCUT2D eigenvalue weighted by atomic mass is 10.0. The second kappa shape index (κ2) is 5.80. The summed E-state index contributed by atoms with van der Waals surface area (Å²) in [6.45, 7) is 5.17. The van der Waals surface area contributed by atoms with Gasteiger partial charge in [-0.3, -0.25) is 4.79 Å². The molecule has 0 saturated heterocycles. The molecule has 0 aliphatic carbocycles. The van der Waals surface area contributed by atoms with Crippen LogP contribution in [0.15, 0.2) is 41.2 Å². The summed E-state index contributed by atoms with van der Waals surface area (Å²) in [4.78, 5) is 11.6. The molecule has 0 saturated carbocycles. The lowest BCUT2D eigenvalue weighted by molar-refractivity contribution is 0.590. The van der Waals surface area contributed by atoms with Gasteiger partial charge in [0.2, 0.25) is 0 Å². The highest BCUT2D eigenvalue weighted by Gasteiger charge is 2.04. The Hall–Kier alpha value is -1.94. The molecule has 1 aromatic heterocycles. The molecule has 1 aromatic carbocycles. The first-order chi connectivity index (χ1) is 9.11. The Kier molecular flexibility index (Phi) is 4.12. The maximum atomic E-state index is 11.6. The molecule has 0 amide bonds. The van der Waals surface area contributed by atoms with Gasteiger partial charge in [0.05, 0.1) is 12.2 Å². The van der Waals surface area contributed by atoms with Crippen molar-refractivity contribution in [2.75, 3.05) is 6.54 Å². The minimum atomic E-state index is -0.118. The summed E-state index contributed by atoms with van der Waals surface area (Å²) in [6, 6.07) is 11.6. The number of hydrogen-bond donors (Lipinski definition) is 1. The fraction of sp³-hybridized carbons (Fsp3) is 0.333. The molecule has 0 fully saturated rings. The highest BCUT2D eigenvalue weighted by molar-refractivity contribution is 5.58. The summed E-state index contributed by atoms with van der Waals surface area (Å²) >= 11 is 0. The van der Waals surface area contributed by atoms with Gasteiger partial charge in [0.25, 0.3) is 5.56 Å². The first-order valence-corrected chi connectivity index (χ1v) is 6.50. The summed E-state index contributed by atoms with van der Waals surface area (Å²) in [5, 5.41) is 4.33. The van der Waals surface area contributed by atoms with E-state index in [0.717, 1.165) is 11.3 Å². The fourth-order valence-electron chi connectivity index (χ4n) is 1.92. The third-order valence-electron chi connectivity index (χ3n) is 3.08. The van der Waals surface area contributed by atoms with Crippen LogP contribution in [-0.2, 0) is 6.54 Å². The molecule has 4 heteroatoms. The second-order valence-corrected chi connectivity index (χ2v) is 4.85. The Labute approximate surface area is 112 Å². The Balaban J connectivity index is 2.36. The van der Waals surface area contributed by atoms with Gasteiger partial charge in [-0.05, 0) is 17.5 Å². The van der Waals surface area contributed by atoms with E-state index in [4.69, 9.17) is 5.73 Å². The van der Waals surface area contributed by atoms with E-state index in [1.165, 1.54) is 16.3 Å². The van der Waals surface area contributed by atoms with Crippen LogP contribution < -0.4 is 11.3 Å². The average molecular weight is 257 g/mol. The van der Waals surface area contributed by atoms with Crippen molar-refractivity contribution in [1.82, 2.24) is 9.78 Å². The summed E-state index contributed by atoms with van der Waals surface area (Å²) < 4.78 is 1.41. The van der Waals surface area contributed by atoms with Crippen LogP contribution in [0, 0.1) is 0 Å². The number of nitrogens with two attached hydrogens (primary N) is 1. The van der Waals surface area contributed by atoms with Crippen LogP contribution in [0.1, 0.15) is 25.3 Å². The zero-order chi connectivity index (χ0) is 13.8. The lowest BCUT2D eigenvalue weighted by Crippen LogP contribution is -2.25. The predicted molar refractivity (Wildman–Crippen MR) is 77.1 cm³/mol. The first kappa shape index (κ1) is 13.5. The Bertz CT molecular complexity index is 600. The number of rotatable bonds is 4. The van der Waals surface area contributed by atoms with Gasteiger partial charge in [-0.15, -0.1) is 0 Å². The molecule has 0 unspecified atom stereocenters. The molecule has 2 N–H and O–H groups in total.